The topological polar surface area (TPSA) is 74.8 Å². The molecule has 3 N–H and O–H groups in total. The van der Waals surface area contributed by atoms with Gasteiger partial charge in [-0.25, -0.2) is 4.39 Å². The molecule has 6 nitrogen and oxygen atoms in total. The van der Waals surface area contributed by atoms with Gasteiger partial charge in [-0.1, -0.05) is 24.3 Å². The van der Waals surface area contributed by atoms with Crippen LogP contribution in [0.2, 0.25) is 0 Å². The Labute approximate surface area is 176 Å². The lowest BCUT2D eigenvalue weighted by Gasteiger charge is -2.12. The van der Waals surface area contributed by atoms with Crippen molar-refractivity contribution in [2.75, 3.05) is 26.7 Å². The number of guanidine groups is 1. The lowest BCUT2D eigenvalue weighted by atomic mass is 10.1. The quantitative estimate of drug-likeness (QED) is 0.414. The zero-order valence-corrected chi connectivity index (χ0v) is 17.3. The van der Waals surface area contributed by atoms with Crippen molar-refractivity contribution < 1.29 is 13.9 Å². The van der Waals surface area contributed by atoms with Gasteiger partial charge in [0.15, 0.2) is 12.6 Å². The fraction of sp³-hybridized carbons (Fsp3) is 0.391. The van der Waals surface area contributed by atoms with Gasteiger partial charge >= 0.3 is 0 Å². The van der Waals surface area contributed by atoms with Crippen molar-refractivity contribution in [1.82, 2.24) is 16.0 Å². The van der Waals surface area contributed by atoms with Crippen molar-refractivity contribution >= 4 is 11.9 Å². The van der Waals surface area contributed by atoms with Gasteiger partial charge < -0.3 is 20.7 Å². The fourth-order valence-electron chi connectivity index (χ4n) is 2.92. The summed E-state index contributed by atoms with van der Waals surface area (Å²) in [7, 11) is 1.73. The van der Waals surface area contributed by atoms with Crippen LogP contribution in [0.4, 0.5) is 4.39 Å². The predicted octanol–water partition coefficient (Wildman–Crippen LogP) is 2.43. The molecule has 0 bridgehead atoms. The predicted molar refractivity (Wildman–Crippen MR) is 116 cm³/mol. The molecular formula is C23H29FN4O2. The summed E-state index contributed by atoms with van der Waals surface area (Å²) in [6.07, 6.45) is 3.77. The van der Waals surface area contributed by atoms with Crippen molar-refractivity contribution in [1.29, 1.82) is 0 Å². The first-order chi connectivity index (χ1) is 14.6. The van der Waals surface area contributed by atoms with Gasteiger partial charge in [0.25, 0.3) is 5.91 Å². The molecule has 1 aliphatic carbocycles. The lowest BCUT2D eigenvalue weighted by molar-refractivity contribution is -0.123. The maximum absolute atomic E-state index is 12.9. The van der Waals surface area contributed by atoms with Crippen LogP contribution in [-0.4, -0.2) is 44.7 Å². The normalized spacial score (nSPS) is 13.6. The Hall–Kier alpha value is -3.09. The number of hydrogen-bond donors (Lipinski definition) is 3. The van der Waals surface area contributed by atoms with E-state index in [-0.39, 0.29) is 18.3 Å². The molecule has 1 fully saturated rings. The second-order valence-corrected chi connectivity index (χ2v) is 7.33. The van der Waals surface area contributed by atoms with E-state index >= 15 is 0 Å². The van der Waals surface area contributed by atoms with E-state index < -0.39 is 0 Å². The molecule has 0 aromatic heterocycles. The summed E-state index contributed by atoms with van der Waals surface area (Å²) < 4.78 is 18.5. The molecule has 1 aliphatic rings. The molecule has 2 aromatic carbocycles. The second kappa shape index (κ2) is 11.2. The summed E-state index contributed by atoms with van der Waals surface area (Å²) in [5.74, 6) is 1.14. The zero-order valence-electron chi connectivity index (χ0n) is 17.3. The minimum absolute atomic E-state index is 0.0529. The summed E-state index contributed by atoms with van der Waals surface area (Å²) in [6.45, 7) is 1.50. The molecule has 0 unspecified atom stereocenters. The summed E-state index contributed by atoms with van der Waals surface area (Å²) in [4.78, 5) is 15.9. The third-order valence-electron chi connectivity index (χ3n) is 4.78. The highest BCUT2D eigenvalue weighted by molar-refractivity contribution is 5.79. The zero-order chi connectivity index (χ0) is 21.2. The van der Waals surface area contributed by atoms with E-state index in [9.17, 15) is 9.18 Å². The third-order valence-corrected chi connectivity index (χ3v) is 4.78. The van der Waals surface area contributed by atoms with E-state index in [1.807, 2.05) is 24.3 Å². The number of aliphatic imine (C=N–C) groups is 1. The van der Waals surface area contributed by atoms with Crippen LogP contribution in [-0.2, 0) is 17.6 Å². The molecule has 0 atom stereocenters. The number of benzene rings is 2. The summed E-state index contributed by atoms with van der Waals surface area (Å²) in [6, 6.07) is 14.7. The maximum Gasteiger partial charge on any atom is 0.258 e. The van der Waals surface area contributed by atoms with Crippen LogP contribution in [0.3, 0.4) is 0 Å². The first-order valence-corrected chi connectivity index (χ1v) is 10.3. The number of nitrogens with zero attached hydrogens (tertiary/aromatic N) is 1. The average molecular weight is 413 g/mol. The Morgan fingerprint density at radius 1 is 1.00 bits per heavy atom. The van der Waals surface area contributed by atoms with Crippen molar-refractivity contribution in [3.63, 3.8) is 0 Å². The number of amides is 1. The van der Waals surface area contributed by atoms with E-state index in [1.165, 1.54) is 17.7 Å². The van der Waals surface area contributed by atoms with Crippen molar-refractivity contribution in [2.45, 2.75) is 31.7 Å². The number of ether oxygens (including phenoxy) is 1. The monoisotopic (exact) mass is 412 g/mol. The SMILES string of the molecule is CN=C(NCCc1ccc(F)cc1)NCCc1ccc(OCC(=O)NC2CC2)cc1. The first-order valence-electron chi connectivity index (χ1n) is 10.3. The largest absolute Gasteiger partial charge is 0.484 e. The number of rotatable bonds is 10. The standard InChI is InChI=1S/C23H29FN4O2/c1-25-23(26-14-12-17-2-6-19(24)7-3-17)27-15-13-18-4-10-21(11-5-18)30-16-22(29)28-20-8-9-20/h2-7,10-11,20H,8-9,12-16H2,1H3,(H,28,29)(H2,25,26,27). The number of nitrogens with one attached hydrogen (secondary N) is 3. The molecule has 0 radical (unpaired) electrons. The van der Waals surface area contributed by atoms with Gasteiger partial charge in [-0.3, -0.25) is 9.79 Å². The molecule has 3 rings (SSSR count). The Morgan fingerprint density at radius 3 is 2.10 bits per heavy atom. The van der Waals surface area contributed by atoms with Crippen molar-refractivity contribution in [2.24, 2.45) is 4.99 Å². The van der Waals surface area contributed by atoms with E-state index in [4.69, 9.17) is 4.74 Å². The van der Waals surface area contributed by atoms with Gasteiger partial charge in [-0.2, -0.15) is 0 Å². The highest BCUT2D eigenvalue weighted by atomic mass is 19.1. The Morgan fingerprint density at radius 2 is 1.57 bits per heavy atom. The van der Waals surface area contributed by atoms with Crippen molar-refractivity contribution in [3.8, 4) is 5.75 Å². The average Bonchev–Trinajstić information content (AvgIpc) is 3.57. The van der Waals surface area contributed by atoms with Gasteiger partial charge in [0.2, 0.25) is 0 Å². The molecule has 0 saturated heterocycles. The van der Waals surface area contributed by atoms with Crippen LogP contribution in [0.15, 0.2) is 53.5 Å². The summed E-state index contributed by atoms with van der Waals surface area (Å²) in [5.41, 5.74) is 2.24. The Kier molecular flexibility index (Phi) is 8.06. The van der Waals surface area contributed by atoms with Gasteiger partial charge in [-0.15, -0.1) is 0 Å². The Balaban J connectivity index is 1.31. The maximum atomic E-state index is 12.9. The molecule has 2 aromatic rings. The number of hydrogen-bond acceptors (Lipinski definition) is 3. The molecular weight excluding hydrogens is 383 g/mol. The van der Waals surface area contributed by atoms with Gasteiger partial charge in [0.05, 0.1) is 0 Å². The number of carbonyl (C=O) groups is 1. The van der Waals surface area contributed by atoms with Crippen LogP contribution in [0.1, 0.15) is 24.0 Å². The molecule has 1 amide bonds. The van der Waals surface area contributed by atoms with E-state index in [2.05, 4.69) is 20.9 Å². The minimum Gasteiger partial charge on any atom is -0.484 e. The van der Waals surface area contributed by atoms with Crippen LogP contribution in [0, 0.1) is 5.82 Å². The molecule has 160 valence electrons. The smallest absolute Gasteiger partial charge is 0.258 e. The van der Waals surface area contributed by atoms with Gasteiger partial charge in [0.1, 0.15) is 11.6 Å². The van der Waals surface area contributed by atoms with E-state index in [0.717, 1.165) is 43.8 Å². The third kappa shape index (κ3) is 7.73. The molecule has 0 heterocycles. The number of carbonyl (C=O) groups excluding carboxylic acids is 1. The van der Waals surface area contributed by atoms with Crippen molar-refractivity contribution in [3.05, 3.63) is 65.5 Å². The first kappa shape index (κ1) is 21.6. The molecule has 7 heteroatoms. The molecule has 1 saturated carbocycles. The fourth-order valence-corrected chi connectivity index (χ4v) is 2.92. The van der Waals surface area contributed by atoms with Gasteiger partial charge in [0, 0.05) is 26.2 Å². The van der Waals surface area contributed by atoms with Gasteiger partial charge in [-0.05, 0) is 61.1 Å². The lowest BCUT2D eigenvalue weighted by Crippen LogP contribution is -2.39. The van der Waals surface area contributed by atoms with Crippen LogP contribution >= 0.6 is 0 Å². The highest BCUT2D eigenvalue weighted by Crippen LogP contribution is 2.18. The second-order valence-electron chi connectivity index (χ2n) is 7.33. The molecule has 30 heavy (non-hydrogen) atoms. The summed E-state index contributed by atoms with van der Waals surface area (Å²) >= 11 is 0. The Bertz CT molecular complexity index is 833. The minimum atomic E-state index is -0.220. The van der Waals surface area contributed by atoms with Crippen LogP contribution < -0.4 is 20.7 Å². The number of halogens is 1. The highest BCUT2D eigenvalue weighted by Gasteiger charge is 2.23. The molecule has 0 spiro atoms. The molecule has 0 aliphatic heterocycles. The van der Waals surface area contributed by atoms with E-state index in [1.54, 1.807) is 19.2 Å². The summed E-state index contributed by atoms with van der Waals surface area (Å²) in [5, 5.41) is 9.45. The van der Waals surface area contributed by atoms with Crippen LogP contribution in [0.25, 0.3) is 0 Å². The van der Waals surface area contributed by atoms with Crippen LogP contribution in [0.5, 0.6) is 5.75 Å². The van der Waals surface area contributed by atoms with E-state index in [0.29, 0.717) is 18.3 Å².